The zero-order valence-electron chi connectivity index (χ0n) is 13.1. The van der Waals surface area contributed by atoms with Crippen LogP contribution in [-0.2, 0) is 16.1 Å². The van der Waals surface area contributed by atoms with E-state index < -0.39 is 6.10 Å². The van der Waals surface area contributed by atoms with Crippen molar-refractivity contribution in [3.8, 4) is 5.75 Å². The number of rotatable bonds is 8. The van der Waals surface area contributed by atoms with Crippen molar-refractivity contribution in [2.24, 2.45) is 11.7 Å². The van der Waals surface area contributed by atoms with Crippen molar-refractivity contribution >= 4 is 18.3 Å². The SMILES string of the molecule is COc1cccc(COC(C)C(=O)NC(CN)C2CC2)c1.Cl. The Morgan fingerprint density at radius 3 is 2.77 bits per heavy atom. The molecule has 22 heavy (non-hydrogen) atoms. The molecule has 2 rings (SSSR count). The van der Waals surface area contributed by atoms with Gasteiger partial charge in [0.25, 0.3) is 0 Å². The maximum Gasteiger partial charge on any atom is 0.249 e. The van der Waals surface area contributed by atoms with Gasteiger partial charge in [0, 0.05) is 12.6 Å². The molecule has 0 radical (unpaired) electrons. The molecule has 2 unspecified atom stereocenters. The van der Waals surface area contributed by atoms with Crippen LogP contribution in [0.15, 0.2) is 24.3 Å². The molecule has 0 bridgehead atoms. The summed E-state index contributed by atoms with van der Waals surface area (Å²) in [5, 5.41) is 2.97. The number of halogens is 1. The lowest BCUT2D eigenvalue weighted by Crippen LogP contribution is -2.46. The topological polar surface area (TPSA) is 73.6 Å². The Labute approximate surface area is 138 Å². The lowest BCUT2D eigenvalue weighted by atomic mass is 10.2. The van der Waals surface area contributed by atoms with Gasteiger partial charge in [0.2, 0.25) is 5.91 Å². The van der Waals surface area contributed by atoms with Gasteiger partial charge < -0.3 is 20.5 Å². The summed E-state index contributed by atoms with van der Waals surface area (Å²) in [4.78, 5) is 12.1. The van der Waals surface area contributed by atoms with Gasteiger partial charge in [-0.1, -0.05) is 12.1 Å². The van der Waals surface area contributed by atoms with Crippen LogP contribution < -0.4 is 15.8 Å². The van der Waals surface area contributed by atoms with Gasteiger partial charge in [0.1, 0.15) is 11.9 Å². The lowest BCUT2D eigenvalue weighted by Gasteiger charge is -2.19. The minimum atomic E-state index is -0.496. The smallest absolute Gasteiger partial charge is 0.249 e. The van der Waals surface area contributed by atoms with Crippen LogP contribution in [0.5, 0.6) is 5.75 Å². The average Bonchev–Trinajstić information content (AvgIpc) is 3.34. The van der Waals surface area contributed by atoms with Gasteiger partial charge in [0.05, 0.1) is 13.7 Å². The normalized spacial score (nSPS) is 16.3. The van der Waals surface area contributed by atoms with Gasteiger partial charge in [-0.3, -0.25) is 4.79 Å². The molecule has 1 fully saturated rings. The predicted molar refractivity (Wildman–Crippen MR) is 88.2 cm³/mol. The van der Waals surface area contributed by atoms with Crippen molar-refractivity contribution in [2.75, 3.05) is 13.7 Å². The van der Waals surface area contributed by atoms with Gasteiger partial charge in [-0.05, 0) is 43.4 Å². The predicted octanol–water partition coefficient (Wildman–Crippen LogP) is 1.88. The number of carbonyl (C=O) groups excluding carboxylic acids is 1. The van der Waals surface area contributed by atoms with Crippen molar-refractivity contribution < 1.29 is 14.3 Å². The van der Waals surface area contributed by atoms with Crippen LogP contribution in [0.25, 0.3) is 0 Å². The average molecular weight is 329 g/mol. The van der Waals surface area contributed by atoms with Gasteiger partial charge in [-0.25, -0.2) is 0 Å². The molecule has 3 N–H and O–H groups in total. The van der Waals surface area contributed by atoms with E-state index in [1.165, 1.54) is 0 Å². The maximum atomic E-state index is 12.1. The summed E-state index contributed by atoms with van der Waals surface area (Å²) in [6.07, 6.45) is 1.81. The second-order valence-electron chi connectivity index (χ2n) is 5.49. The van der Waals surface area contributed by atoms with Crippen LogP contribution in [0, 0.1) is 5.92 Å². The fourth-order valence-electron chi connectivity index (χ4n) is 2.23. The number of nitrogens with one attached hydrogen (secondary N) is 1. The molecule has 5 nitrogen and oxygen atoms in total. The molecule has 6 heteroatoms. The molecule has 124 valence electrons. The number of benzene rings is 1. The first-order chi connectivity index (χ1) is 10.1. The van der Waals surface area contributed by atoms with Crippen LogP contribution in [0.1, 0.15) is 25.3 Å². The van der Waals surface area contributed by atoms with Crippen LogP contribution in [0.2, 0.25) is 0 Å². The fourth-order valence-corrected chi connectivity index (χ4v) is 2.23. The largest absolute Gasteiger partial charge is 0.497 e. The van der Waals surface area contributed by atoms with E-state index in [4.69, 9.17) is 15.2 Å². The monoisotopic (exact) mass is 328 g/mol. The number of ether oxygens (including phenoxy) is 2. The molecule has 2 atom stereocenters. The highest BCUT2D eigenvalue weighted by molar-refractivity contribution is 5.85. The molecule has 1 aliphatic rings. The molecule has 0 saturated heterocycles. The number of hydrogen-bond acceptors (Lipinski definition) is 4. The van der Waals surface area contributed by atoms with Crippen LogP contribution in [0.3, 0.4) is 0 Å². The molecular formula is C16H25ClN2O3. The van der Waals surface area contributed by atoms with Crippen LogP contribution in [-0.4, -0.2) is 31.7 Å². The third-order valence-electron chi connectivity index (χ3n) is 3.78. The van der Waals surface area contributed by atoms with Crippen LogP contribution >= 0.6 is 12.4 Å². The van der Waals surface area contributed by atoms with Crippen molar-refractivity contribution in [3.05, 3.63) is 29.8 Å². The number of methoxy groups -OCH3 is 1. The first kappa shape index (κ1) is 18.7. The third kappa shape index (κ3) is 5.48. The first-order valence-corrected chi connectivity index (χ1v) is 7.39. The summed E-state index contributed by atoms with van der Waals surface area (Å²) in [7, 11) is 1.63. The Morgan fingerprint density at radius 2 is 2.18 bits per heavy atom. The van der Waals surface area contributed by atoms with E-state index >= 15 is 0 Å². The number of nitrogens with two attached hydrogens (primary N) is 1. The zero-order chi connectivity index (χ0) is 15.2. The van der Waals surface area contributed by atoms with Gasteiger partial charge >= 0.3 is 0 Å². The molecule has 0 spiro atoms. The van der Waals surface area contributed by atoms with Gasteiger partial charge in [-0.15, -0.1) is 12.4 Å². The minimum Gasteiger partial charge on any atom is -0.497 e. The molecule has 0 aromatic heterocycles. The molecule has 1 aromatic carbocycles. The lowest BCUT2D eigenvalue weighted by molar-refractivity contribution is -0.133. The highest BCUT2D eigenvalue weighted by Crippen LogP contribution is 2.32. The number of amides is 1. The molecule has 0 aliphatic heterocycles. The molecule has 1 amide bonds. The highest BCUT2D eigenvalue weighted by atomic mass is 35.5. The first-order valence-electron chi connectivity index (χ1n) is 7.39. The molecule has 1 saturated carbocycles. The summed E-state index contributed by atoms with van der Waals surface area (Å²) in [6.45, 7) is 2.62. The molecular weight excluding hydrogens is 304 g/mol. The van der Waals surface area contributed by atoms with Crippen molar-refractivity contribution in [2.45, 2.75) is 38.5 Å². The Kier molecular flexibility index (Phi) is 7.65. The van der Waals surface area contributed by atoms with E-state index in [0.29, 0.717) is 19.1 Å². The van der Waals surface area contributed by atoms with Crippen molar-refractivity contribution in [1.82, 2.24) is 5.32 Å². The second kappa shape index (κ2) is 8.98. The number of carbonyl (C=O) groups is 1. The maximum absolute atomic E-state index is 12.1. The number of hydrogen-bond donors (Lipinski definition) is 2. The van der Waals surface area contributed by atoms with E-state index in [1.807, 2.05) is 24.3 Å². The summed E-state index contributed by atoms with van der Waals surface area (Å²) in [6, 6.07) is 7.71. The standard InChI is InChI=1S/C16H24N2O3.ClH/c1-11(16(19)18-15(9-17)13-6-7-13)21-10-12-4-3-5-14(8-12)20-2;/h3-5,8,11,13,15H,6-7,9-10,17H2,1-2H3,(H,18,19);1H. The third-order valence-corrected chi connectivity index (χ3v) is 3.78. The van der Waals surface area contributed by atoms with E-state index in [2.05, 4.69) is 5.32 Å². The van der Waals surface area contributed by atoms with Crippen LogP contribution in [0.4, 0.5) is 0 Å². The quantitative estimate of drug-likeness (QED) is 0.764. The summed E-state index contributed by atoms with van der Waals surface area (Å²) >= 11 is 0. The van der Waals surface area contributed by atoms with Gasteiger partial charge in [0.15, 0.2) is 0 Å². The fraction of sp³-hybridized carbons (Fsp3) is 0.562. The van der Waals surface area contributed by atoms with E-state index in [1.54, 1.807) is 14.0 Å². The highest BCUT2D eigenvalue weighted by Gasteiger charge is 2.32. The Bertz CT molecular complexity index is 480. The Hall–Kier alpha value is -1.30. The van der Waals surface area contributed by atoms with Crippen molar-refractivity contribution in [1.29, 1.82) is 0 Å². The molecule has 1 aromatic rings. The molecule has 1 aliphatic carbocycles. The van der Waals surface area contributed by atoms with Crippen molar-refractivity contribution in [3.63, 3.8) is 0 Å². The second-order valence-corrected chi connectivity index (χ2v) is 5.49. The summed E-state index contributed by atoms with van der Waals surface area (Å²) in [5.74, 6) is 1.23. The zero-order valence-corrected chi connectivity index (χ0v) is 13.9. The summed E-state index contributed by atoms with van der Waals surface area (Å²) in [5.41, 5.74) is 6.67. The minimum absolute atomic E-state index is 0. The Balaban J connectivity index is 0.00000242. The van der Waals surface area contributed by atoms with E-state index in [0.717, 1.165) is 24.2 Å². The van der Waals surface area contributed by atoms with Gasteiger partial charge in [-0.2, -0.15) is 0 Å². The molecule has 0 heterocycles. The summed E-state index contributed by atoms with van der Waals surface area (Å²) < 4.78 is 10.8. The Morgan fingerprint density at radius 1 is 1.45 bits per heavy atom. The van der Waals surface area contributed by atoms with E-state index in [9.17, 15) is 4.79 Å². The van der Waals surface area contributed by atoms with E-state index in [-0.39, 0.29) is 24.4 Å².